The lowest BCUT2D eigenvalue weighted by Gasteiger charge is -2.28. The Morgan fingerprint density at radius 1 is 1.29 bits per heavy atom. The van der Waals surface area contributed by atoms with Gasteiger partial charge in [0.2, 0.25) is 5.91 Å². The van der Waals surface area contributed by atoms with E-state index in [0.717, 1.165) is 12.8 Å². The van der Waals surface area contributed by atoms with Crippen LogP contribution in [-0.2, 0) is 15.8 Å². The Hall–Kier alpha value is -2.98. The van der Waals surface area contributed by atoms with E-state index >= 15 is 0 Å². The summed E-state index contributed by atoms with van der Waals surface area (Å²) in [6, 6.07) is 5.83. The molecule has 2 aliphatic heterocycles. The molecule has 1 fully saturated rings. The molecule has 0 saturated heterocycles. The molecule has 1 saturated carbocycles. The largest absolute Gasteiger partial charge is 0.586 e. The summed E-state index contributed by atoms with van der Waals surface area (Å²) in [6.07, 6.45) is -2.17. The SMILES string of the molecule is C[C@]1(C(N)=O)COc2c1cc(C(O)(CN)C1CC1)nc2-c1ccc2c(c1)OC(F)(F)O2. The molecule has 1 aliphatic carbocycles. The topological polar surface area (TPSA) is 130 Å². The van der Waals surface area contributed by atoms with Crippen LogP contribution in [0.4, 0.5) is 8.78 Å². The molecule has 2 aromatic rings. The molecule has 31 heavy (non-hydrogen) atoms. The first kappa shape index (κ1) is 20.0. The van der Waals surface area contributed by atoms with Crippen molar-refractivity contribution >= 4 is 5.91 Å². The van der Waals surface area contributed by atoms with Gasteiger partial charge in [0.1, 0.15) is 29.1 Å². The van der Waals surface area contributed by atoms with Gasteiger partial charge in [-0.15, -0.1) is 8.78 Å². The number of alkyl halides is 2. The number of nitrogens with zero attached hydrogens (tertiary/aromatic N) is 1. The van der Waals surface area contributed by atoms with Gasteiger partial charge in [0.15, 0.2) is 11.5 Å². The smallest absolute Gasteiger partial charge is 0.489 e. The molecular weight excluding hydrogens is 412 g/mol. The van der Waals surface area contributed by atoms with Crippen LogP contribution in [0.1, 0.15) is 31.0 Å². The molecule has 164 valence electrons. The number of hydrogen-bond donors (Lipinski definition) is 3. The number of hydrogen-bond acceptors (Lipinski definition) is 7. The Morgan fingerprint density at radius 3 is 2.65 bits per heavy atom. The third-order valence-electron chi connectivity index (χ3n) is 6.30. The number of benzene rings is 1. The van der Waals surface area contributed by atoms with Crippen molar-refractivity contribution in [2.24, 2.45) is 17.4 Å². The van der Waals surface area contributed by atoms with Gasteiger partial charge in [-0.1, -0.05) is 0 Å². The number of carbonyl (C=O) groups excluding carboxylic acids is 1. The fourth-order valence-corrected chi connectivity index (χ4v) is 4.14. The summed E-state index contributed by atoms with van der Waals surface area (Å²) in [5.41, 5.74) is 10.4. The Balaban J connectivity index is 1.71. The number of amides is 1. The number of carbonyl (C=O) groups is 1. The first-order valence-corrected chi connectivity index (χ1v) is 9.89. The zero-order valence-electron chi connectivity index (χ0n) is 16.7. The zero-order valence-corrected chi connectivity index (χ0v) is 16.7. The minimum atomic E-state index is -3.76. The molecule has 2 atom stereocenters. The summed E-state index contributed by atoms with van der Waals surface area (Å²) < 4.78 is 41.7. The van der Waals surface area contributed by atoms with E-state index in [-0.39, 0.29) is 42.0 Å². The van der Waals surface area contributed by atoms with Crippen molar-refractivity contribution in [2.75, 3.05) is 13.2 Å². The summed E-state index contributed by atoms with van der Waals surface area (Å²) in [7, 11) is 0. The van der Waals surface area contributed by atoms with Crippen molar-refractivity contribution in [3.8, 4) is 28.5 Å². The van der Waals surface area contributed by atoms with Gasteiger partial charge in [-0.05, 0) is 49.9 Å². The summed E-state index contributed by atoms with van der Waals surface area (Å²) in [6.45, 7) is 1.57. The van der Waals surface area contributed by atoms with Gasteiger partial charge in [0, 0.05) is 17.7 Å². The summed E-state index contributed by atoms with van der Waals surface area (Å²) in [5, 5.41) is 11.3. The number of rotatable bonds is 5. The van der Waals surface area contributed by atoms with Crippen molar-refractivity contribution < 1.29 is 32.9 Å². The molecule has 1 aromatic carbocycles. The van der Waals surface area contributed by atoms with E-state index in [4.69, 9.17) is 16.2 Å². The van der Waals surface area contributed by atoms with Gasteiger partial charge in [0.05, 0.1) is 5.69 Å². The second kappa shape index (κ2) is 6.27. The lowest BCUT2D eigenvalue weighted by Crippen LogP contribution is -2.41. The van der Waals surface area contributed by atoms with Gasteiger partial charge in [-0.3, -0.25) is 4.79 Å². The minimum Gasteiger partial charge on any atom is -0.489 e. The molecule has 3 heterocycles. The van der Waals surface area contributed by atoms with Crippen LogP contribution in [0.25, 0.3) is 11.3 Å². The van der Waals surface area contributed by atoms with E-state index in [1.54, 1.807) is 13.0 Å². The predicted molar refractivity (Wildman–Crippen MR) is 104 cm³/mol. The van der Waals surface area contributed by atoms with Crippen LogP contribution < -0.4 is 25.7 Å². The number of aromatic nitrogens is 1. The molecule has 10 heteroatoms. The minimum absolute atomic E-state index is 0.0110. The third kappa shape index (κ3) is 2.93. The highest BCUT2D eigenvalue weighted by Crippen LogP contribution is 2.51. The third-order valence-corrected chi connectivity index (χ3v) is 6.30. The maximum atomic E-state index is 13.5. The van der Waals surface area contributed by atoms with Crippen LogP contribution >= 0.6 is 0 Å². The number of nitrogens with two attached hydrogens (primary N) is 2. The Morgan fingerprint density at radius 2 is 2.00 bits per heavy atom. The van der Waals surface area contributed by atoms with Gasteiger partial charge in [-0.2, -0.15) is 0 Å². The molecule has 5 N–H and O–H groups in total. The number of ether oxygens (including phenoxy) is 3. The van der Waals surface area contributed by atoms with Crippen molar-refractivity contribution in [3.63, 3.8) is 0 Å². The van der Waals surface area contributed by atoms with Crippen LogP contribution in [0.3, 0.4) is 0 Å². The highest BCUT2D eigenvalue weighted by molar-refractivity contribution is 5.90. The van der Waals surface area contributed by atoms with E-state index in [0.29, 0.717) is 16.9 Å². The monoisotopic (exact) mass is 433 g/mol. The van der Waals surface area contributed by atoms with Gasteiger partial charge in [0.25, 0.3) is 0 Å². The Bertz CT molecular complexity index is 1110. The maximum Gasteiger partial charge on any atom is 0.586 e. The van der Waals surface area contributed by atoms with Crippen LogP contribution in [0.5, 0.6) is 17.2 Å². The molecule has 5 rings (SSSR count). The Labute approximate surface area is 176 Å². The van der Waals surface area contributed by atoms with Crippen molar-refractivity contribution in [1.82, 2.24) is 4.98 Å². The number of fused-ring (bicyclic) bond motifs is 2. The average molecular weight is 433 g/mol. The maximum absolute atomic E-state index is 13.5. The highest BCUT2D eigenvalue weighted by atomic mass is 19.3. The normalized spacial score (nSPS) is 24.9. The summed E-state index contributed by atoms with van der Waals surface area (Å²) >= 11 is 0. The predicted octanol–water partition coefficient (Wildman–Crippen LogP) is 1.76. The van der Waals surface area contributed by atoms with Crippen molar-refractivity contribution in [3.05, 3.63) is 35.5 Å². The standard InChI is InChI=1S/C21H21F2N3O5/c1-19(18(25)27)9-29-17-12(19)7-15(20(28,8-24)11-3-4-11)26-16(17)10-2-5-13-14(6-10)31-21(22,23)30-13/h2,5-7,11,28H,3-4,8-9,24H2,1H3,(H2,25,27)/t19-,20?/m0/s1. The van der Waals surface area contributed by atoms with Crippen molar-refractivity contribution in [2.45, 2.75) is 37.1 Å². The number of halogens is 2. The number of aliphatic hydroxyl groups is 1. The fourth-order valence-electron chi connectivity index (χ4n) is 4.14. The quantitative estimate of drug-likeness (QED) is 0.655. The van der Waals surface area contributed by atoms with Crippen LogP contribution in [-0.4, -0.2) is 35.4 Å². The lowest BCUT2D eigenvalue weighted by atomic mass is 9.81. The van der Waals surface area contributed by atoms with E-state index in [1.165, 1.54) is 18.2 Å². The number of primary amides is 1. The molecule has 0 bridgehead atoms. The first-order chi connectivity index (χ1) is 14.6. The molecule has 8 nitrogen and oxygen atoms in total. The molecule has 0 spiro atoms. The molecule has 1 amide bonds. The average Bonchev–Trinajstić information content (AvgIpc) is 3.45. The van der Waals surface area contributed by atoms with E-state index in [2.05, 4.69) is 14.5 Å². The first-order valence-electron chi connectivity index (χ1n) is 9.89. The van der Waals surface area contributed by atoms with Gasteiger partial charge in [-0.25, -0.2) is 4.98 Å². The molecule has 1 unspecified atom stereocenters. The summed E-state index contributed by atoms with van der Waals surface area (Å²) in [5.74, 6) is -0.627. The van der Waals surface area contributed by atoms with Crippen LogP contribution in [0, 0.1) is 5.92 Å². The van der Waals surface area contributed by atoms with E-state index in [9.17, 15) is 18.7 Å². The van der Waals surface area contributed by atoms with Crippen LogP contribution in [0.15, 0.2) is 24.3 Å². The van der Waals surface area contributed by atoms with E-state index < -0.39 is 23.2 Å². The van der Waals surface area contributed by atoms with Crippen molar-refractivity contribution in [1.29, 1.82) is 0 Å². The van der Waals surface area contributed by atoms with E-state index in [1.807, 2.05) is 0 Å². The highest BCUT2D eigenvalue weighted by Gasteiger charge is 2.49. The summed E-state index contributed by atoms with van der Waals surface area (Å²) in [4.78, 5) is 16.9. The fraction of sp³-hybridized carbons (Fsp3) is 0.429. The molecule has 3 aliphatic rings. The molecular formula is C21H21F2N3O5. The Kier molecular flexibility index (Phi) is 4.03. The number of pyridine rings is 1. The van der Waals surface area contributed by atoms with Crippen LogP contribution in [0.2, 0.25) is 0 Å². The van der Waals surface area contributed by atoms with Gasteiger partial charge < -0.3 is 30.8 Å². The lowest BCUT2D eigenvalue weighted by molar-refractivity contribution is -0.286. The zero-order chi connectivity index (χ0) is 22.2. The molecule has 1 aromatic heterocycles. The molecule has 0 radical (unpaired) electrons. The second-order valence-corrected chi connectivity index (χ2v) is 8.45. The second-order valence-electron chi connectivity index (χ2n) is 8.45. The van der Waals surface area contributed by atoms with Gasteiger partial charge >= 0.3 is 6.29 Å².